The number of ether oxygens (including phenoxy) is 4. The molecule has 0 amide bonds. The third-order valence-corrected chi connectivity index (χ3v) is 3.36. The topological polar surface area (TPSA) is 155 Å². The Morgan fingerprint density at radius 3 is 1.71 bits per heavy atom. The van der Waals surface area contributed by atoms with Gasteiger partial charge in [-0.25, -0.2) is 4.57 Å². The molecule has 0 saturated carbocycles. The van der Waals surface area contributed by atoms with Crippen molar-refractivity contribution in [2.24, 2.45) is 0 Å². The normalized spacial score (nSPS) is 30.3. The zero-order chi connectivity index (χ0) is 18.7. The molecule has 1 saturated heterocycles. The molecule has 0 spiro atoms. The molecule has 12 heteroatoms. The molecule has 138 valence electrons. The van der Waals surface area contributed by atoms with E-state index in [0.717, 1.165) is 20.8 Å². The van der Waals surface area contributed by atoms with Crippen LogP contribution in [0.1, 0.15) is 27.7 Å². The summed E-state index contributed by atoms with van der Waals surface area (Å²) in [7, 11) is -5.01. The van der Waals surface area contributed by atoms with Crippen molar-refractivity contribution < 1.29 is 52.2 Å². The monoisotopic (exact) mass is 370 g/mol. The Labute approximate surface area is 137 Å². The van der Waals surface area contributed by atoms with Crippen LogP contribution < -0.4 is 0 Å². The average molecular weight is 370 g/mol. The van der Waals surface area contributed by atoms with E-state index in [9.17, 15) is 18.9 Å². The van der Waals surface area contributed by atoms with Gasteiger partial charge in [0.15, 0.2) is 18.3 Å². The average Bonchev–Trinajstić information content (AvgIpc) is 2.35. The Kier molecular flexibility index (Phi) is 6.87. The standard InChI is InChI=1S/C12H19O11P/c1-5-9(20-6(2)13)10(21-7(3)14)11(22-8(4)15)12(19-5)23-24(16,17)18/h5,9-12H,1-4H3,(H2,16,17,18)/t5-,9-,10-,11+,12-/m0/s1. The van der Waals surface area contributed by atoms with Crippen LogP contribution in [0.5, 0.6) is 0 Å². The number of phosphoric ester groups is 1. The molecular weight excluding hydrogens is 351 g/mol. The van der Waals surface area contributed by atoms with Crippen LogP contribution >= 0.6 is 7.82 Å². The summed E-state index contributed by atoms with van der Waals surface area (Å²) < 4.78 is 35.8. The molecule has 11 nitrogen and oxygen atoms in total. The molecule has 1 fully saturated rings. The number of hydrogen-bond acceptors (Lipinski definition) is 9. The highest BCUT2D eigenvalue weighted by Crippen LogP contribution is 2.42. The van der Waals surface area contributed by atoms with Crippen LogP contribution in [0.4, 0.5) is 0 Å². The Hall–Kier alpha value is -1.52. The second-order valence-corrected chi connectivity index (χ2v) is 6.22. The second kappa shape index (κ2) is 8.04. The number of hydrogen-bond donors (Lipinski definition) is 2. The summed E-state index contributed by atoms with van der Waals surface area (Å²) in [6.07, 6.45) is -6.81. The van der Waals surface area contributed by atoms with Crippen molar-refractivity contribution in [3.8, 4) is 0 Å². The fourth-order valence-corrected chi connectivity index (χ4v) is 2.63. The van der Waals surface area contributed by atoms with Crippen molar-refractivity contribution in [2.75, 3.05) is 0 Å². The van der Waals surface area contributed by atoms with Crippen LogP contribution in [-0.4, -0.2) is 58.4 Å². The first-order valence-electron chi connectivity index (χ1n) is 6.81. The first-order valence-corrected chi connectivity index (χ1v) is 8.35. The van der Waals surface area contributed by atoms with Gasteiger partial charge in [-0.2, -0.15) is 0 Å². The minimum atomic E-state index is -5.01. The molecule has 2 N–H and O–H groups in total. The van der Waals surface area contributed by atoms with Crippen LogP contribution in [0, 0.1) is 0 Å². The van der Waals surface area contributed by atoms with Crippen LogP contribution in [-0.2, 0) is 42.4 Å². The number of rotatable bonds is 5. The maximum absolute atomic E-state index is 11.3. The number of carbonyl (C=O) groups excluding carboxylic acids is 3. The molecule has 0 bridgehead atoms. The largest absolute Gasteiger partial charge is 0.472 e. The van der Waals surface area contributed by atoms with Crippen molar-refractivity contribution in [1.29, 1.82) is 0 Å². The summed E-state index contributed by atoms with van der Waals surface area (Å²) in [6, 6.07) is 0. The van der Waals surface area contributed by atoms with Gasteiger partial charge >= 0.3 is 25.7 Å². The lowest BCUT2D eigenvalue weighted by Gasteiger charge is -2.43. The van der Waals surface area contributed by atoms with Gasteiger partial charge < -0.3 is 28.7 Å². The van der Waals surface area contributed by atoms with Gasteiger partial charge in [0, 0.05) is 20.8 Å². The molecule has 0 unspecified atom stereocenters. The van der Waals surface area contributed by atoms with E-state index in [2.05, 4.69) is 4.52 Å². The molecule has 1 aliphatic rings. The van der Waals surface area contributed by atoms with Crippen molar-refractivity contribution in [3.05, 3.63) is 0 Å². The third kappa shape index (κ3) is 6.17. The fraction of sp³-hybridized carbons (Fsp3) is 0.750. The van der Waals surface area contributed by atoms with Gasteiger partial charge in [-0.15, -0.1) is 0 Å². The minimum Gasteiger partial charge on any atom is -0.456 e. The van der Waals surface area contributed by atoms with E-state index < -0.39 is 56.4 Å². The highest BCUT2D eigenvalue weighted by atomic mass is 31.2. The Morgan fingerprint density at radius 2 is 1.29 bits per heavy atom. The summed E-state index contributed by atoms with van der Waals surface area (Å²) >= 11 is 0. The van der Waals surface area contributed by atoms with Crippen LogP contribution in [0.15, 0.2) is 0 Å². The summed E-state index contributed by atoms with van der Waals surface area (Å²) in [6.45, 7) is 4.60. The van der Waals surface area contributed by atoms with Crippen molar-refractivity contribution in [3.63, 3.8) is 0 Å². The molecule has 5 atom stereocenters. The quantitative estimate of drug-likeness (QED) is 0.370. The highest BCUT2D eigenvalue weighted by Gasteiger charge is 2.52. The van der Waals surface area contributed by atoms with Crippen LogP contribution in [0.3, 0.4) is 0 Å². The van der Waals surface area contributed by atoms with Crippen molar-refractivity contribution in [2.45, 2.75) is 58.4 Å². The molecule has 0 aromatic heterocycles. The predicted molar refractivity (Wildman–Crippen MR) is 74.1 cm³/mol. The Morgan fingerprint density at radius 1 is 0.875 bits per heavy atom. The van der Waals surface area contributed by atoms with E-state index in [1.165, 1.54) is 6.92 Å². The molecule has 1 aliphatic heterocycles. The van der Waals surface area contributed by atoms with Gasteiger partial charge in [-0.05, 0) is 6.92 Å². The molecular formula is C12H19O11P. The number of esters is 3. The van der Waals surface area contributed by atoms with Gasteiger partial charge in [-0.3, -0.25) is 18.9 Å². The van der Waals surface area contributed by atoms with E-state index in [1.54, 1.807) is 0 Å². The summed E-state index contributed by atoms with van der Waals surface area (Å²) in [4.78, 5) is 51.8. The first-order chi connectivity index (χ1) is 10.9. The van der Waals surface area contributed by atoms with Crippen molar-refractivity contribution in [1.82, 2.24) is 0 Å². The molecule has 0 radical (unpaired) electrons. The lowest BCUT2D eigenvalue weighted by molar-refractivity contribution is -0.283. The Balaban J connectivity index is 3.21. The molecule has 1 rings (SSSR count). The van der Waals surface area contributed by atoms with E-state index in [4.69, 9.17) is 28.7 Å². The predicted octanol–water partition coefficient (Wildman–Crippen LogP) is -0.364. The smallest absolute Gasteiger partial charge is 0.456 e. The lowest BCUT2D eigenvalue weighted by Crippen LogP contribution is -2.60. The van der Waals surface area contributed by atoms with Crippen molar-refractivity contribution >= 4 is 25.7 Å². The summed E-state index contributed by atoms with van der Waals surface area (Å²) in [5.74, 6) is -2.36. The molecule has 0 aromatic carbocycles. The van der Waals surface area contributed by atoms with Crippen LogP contribution in [0.25, 0.3) is 0 Å². The van der Waals surface area contributed by atoms with Crippen LogP contribution in [0.2, 0.25) is 0 Å². The third-order valence-electron chi connectivity index (χ3n) is 2.87. The van der Waals surface area contributed by atoms with Gasteiger partial charge in [0.25, 0.3) is 0 Å². The first kappa shape index (κ1) is 20.5. The maximum Gasteiger partial charge on any atom is 0.472 e. The molecule has 0 aromatic rings. The van der Waals surface area contributed by atoms with Gasteiger partial charge in [0.05, 0.1) is 6.10 Å². The van der Waals surface area contributed by atoms with E-state index in [-0.39, 0.29) is 0 Å². The zero-order valence-electron chi connectivity index (χ0n) is 13.4. The zero-order valence-corrected chi connectivity index (χ0v) is 14.3. The molecule has 1 heterocycles. The summed E-state index contributed by atoms with van der Waals surface area (Å²) in [5.41, 5.74) is 0. The minimum absolute atomic E-state index is 0.719. The second-order valence-electron chi connectivity index (χ2n) is 5.03. The molecule has 24 heavy (non-hydrogen) atoms. The molecule has 0 aliphatic carbocycles. The Bertz CT molecular complexity index is 541. The highest BCUT2D eigenvalue weighted by molar-refractivity contribution is 7.46. The van der Waals surface area contributed by atoms with E-state index in [0.29, 0.717) is 0 Å². The summed E-state index contributed by atoms with van der Waals surface area (Å²) in [5, 5.41) is 0. The lowest BCUT2D eigenvalue weighted by atomic mass is 9.99. The van der Waals surface area contributed by atoms with E-state index >= 15 is 0 Å². The van der Waals surface area contributed by atoms with Gasteiger partial charge in [-0.1, -0.05) is 0 Å². The van der Waals surface area contributed by atoms with Gasteiger partial charge in [0.1, 0.15) is 0 Å². The number of phosphoric acid groups is 1. The van der Waals surface area contributed by atoms with Gasteiger partial charge in [0.2, 0.25) is 6.29 Å². The SMILES string of the molecule is CC(=O)O[C@H]1[C@@H](OC(C)=O)[C@H](C)O[C@@H](OP(=O)(O)O)[C@@H]1OC(C)=O. The fourth-order valence-electron chi connectivity index (χ4n) is 2.19. The van der Waals surface area contributed by atoms with E-state index in [1.807, 2.05) is 0 Å². The number of carbonyl (C=O) groups is 3. The maximum atomic E-state index is 11.3.